The minimum Gasteiger partial charge on any atom is -0.378 e. The summed E-state index contributed by atoms with van der Waals surface area (Å²) >= 11 is 6.41. The number of carbonyl (C=O) groups excluding carboxylic acids is 1. The second-order valence-electron chi connectivity index (χ2n) is 6.64. The lowest BCUT2D eigenvalue weighted by atomic mass is 9.90. The molecule has 2 fully saturated rings. The summed E-state index contributed by atoms with van der Waals surface area (Å²) in [6.07, 6.45) is 2.64. The summed E-state index contributed by atoms with van der Waals surface area (Å²) in [6, 6.07) is 5.57. The average molecular weight is 348 g/mol. The number of hydrogen-bond donors (Lipinski definition) is 0. The first kappa shape index (κ1) is 17.1. The van der Waals surface area contributed by atoms with E-state index in [1.807, 2.05) is 12.1 Å². The number of hydrogen-bond acceptors (Lipinski definition) is 5. The van der Waals surface area contributed by atoms with Crippen LogP contribution in [0.25, 0.3) is 0 Å². The summed E-state index contributed by atoms with van der Waals surface area (Å²) in [5, 5.41) is 9.62. The molecule has 2 aliphatic heterocycles. The van der Waals surface area contributed by atoms with Crippen molar-refractivity contribution in [3.05, 3.63) is 28.8 Å². The van der Waals surface area contributed by atoms with Gasteiger partial charge in [0.2, 0.25) is 0 Å². The predicted molar refractivity (Wildman–Crippen MR) is 93.3 cm³/mol. The van der Waals surface area contributed by atoms with Crippen molar-refractivity contribution in [3.63, 3.8) is 0 Å². The van der Waals surface area contributed by atoms with E-state index >= 15 is 0 Å². The van der Waals surface area contributed by atoms with Gasteiger partial charge in [0.05, 0.1) is 23.9 Å². The van der Waals surface area contributed by atoms with Gasteiger partial charge in [-0.05, 0) is 30.0 Å². The maximum absolute atomic E-state index is 12.6. The van der Waals surface area contributed by atoms with Gasteiger partial charge in [-0.25, -0.2) is 0 Å². The Kier molecular flexibility index (Phi) is 5.27. The number of nitrogens with zero attached hydrogens (tertiary/aromatic N) is 3. The van der Waals surface area contributed by atoms with E-state index in [9.17, 15) is 4.79 Å². The quantitative estimate of drug-likeness (QED) is 0.619. The number of ether oxygens (including phenoxy) is 1. The molecule has 1 aromatic rings. The van der Waals surface area contributed by atoms with Crippen molar-refractivity contribution in [2.75, 3.05) is 44.3 Å². The number of benzene rings is 1. The first-order valence-electron chi connectivity index (χ1n) is 8.38. The Labute approximate surface area is 147 Å². The number of nitriles is 1. The molecule has 0 radical (unpaired) electrons. The molecule has 0 aliphatic carbocycles. The second-order valence-corrected chi connectivity index (χ2v) is 7.04. The van der Waals surface area contributed by atoms with Crippen LogP contribution >= 0.6 is 11.6 Å². The fraction of sp³-hybridized carbons (Fsp3) is 0.556. The molecule has 0 bridgehead atoms. The number of likely N-dealkylation sites (tertiary alicyclic amines) is 1. The van der Waals surface area contributed by atoms with Crippen LogP contribution in [0, 0.1) is 23.3 Å². The lowest BCUT2D eigenvalue weighted by Crippen LogP contribution is -2.36. The molecule has 128 valence electrons. The molecular weight excluding hydrogens is 326 g/mol. The van der Waals surface area contributed by atoms with Crippen molar-refractivity contribution < 1.29 is 9.53 Å². The van der Waals surface area contributed by atoms with Crippen LogP contribution in [-0.4, -0.2) is 50.1 Å². The largest absolute Gasteiger partial charge is 0.378 e. The number of halogens is 1. The van der Waals surface area contributed by atoms with E-state index in [0.717, 1.165) is 25.3 Å². The van der Waals surface area contributed by atoms with E-state index in [1.165, 1.54) is 0 Å². The molecule has 0 spiro atoms. The predicted octanol–water partition coefficient (Wildman–Crippen LogP) is 2.80. The molecule has 0 amide bonds. The van der Waals surface area contributed by atoms with Gasteiger partial charge in [0.25, 0.3) is 0 Å². The van der Waals surface area contributed by atoms with Crippen molar-refractivity contribution in [1.29, 1.82) is 5.26 Å². The number of morpholine rings is 1. The van der Waals surface area contributed by atoms with Gasteiger partial charge >= 0.3 is 0 Å². The fourth-order valence-corrected chi connectivity index (χ4v) is 3.78. The van der Waals surface area contributed by atoms with Gasteiger partial charge in [0.1, 0.15) is 0 Å². The molecule has 2 aliphatic rings. The summed E-state index contributed by atoms with van der Waals surface area (Å²) in [4.78, 5) is 16.5. The van der Waals surface area contributed by atoms with E-state index < -0.39 is 0 Å². The lowest BCUT2D eigenvalue weighted by Gasteiger charge is -2.29. The fourth-order valence-electron chi connectivity index (χ4n) is 3.48. The number of Topliss-reactive ketones (excluding diaryl/α,β-unsaturated/α-hetero) is 1. The van der Waals surface area contributed by atoms with E-state index in [0.29, 0.717) is 42.7 Å². The number of anilines is 1. The van der Waals surface area contributed by atoms with Crippen molar-refractivity contribution in [3.8, 4) is 6.19 Å². The van der Waals surface area contributed by atoms with Crippen LogP contribution in [0.2, 0.25) is 5.02 Å². The van der Waals surface area contributed by atoms with E-state index in [2.05, 4.69) is 18.0 Å². The molecule has 2 heterocycles. The van der Waals surface area contributed by atoms with Crippen LogP contribution < -0.4 is 4.90 Å². The maximum atomic E-state index is 12.6. The second kappa shape index (κ2) is 7.42. The Morgan fingerprint density at radius 3 is 2.75 bits per heavy atom. The summed E-state index contributed by atoms with van der Waals surface area (Å²) < 4.78 is 5.36. The summed E-state index contributed by atoms with van der Waals surface area (Å²) in [7, 11) is 0. The van der Waals surface area contributed by atoms with E-state index in [1.54, 1.807) is 11.0 Å². The van der Waals surface area contributed by atoms with Crippen LogP contribution in [0.4, 0.5) is 5.69 Å². The standard InChI is InChI=1S/C18H22ClN3O2/c1-13-10-21(12-20)11-15(13)9-18(23)14-2-3-17(16(19)8-14)22-4-6-24-7-5-22/h2-3,8,13,15H,4-7,9-11H2,1H3/t13-,15-/m0/s1. The SMILES string of the molecule is C[C@H]1CN(C#N)C[C@@H]1CC(=O)c1ccc(N2CCOCC2)c(Cl)c1. The van der Waals surface area contributed by atoms with Crippen LogP contribution in [0.15, 0.2) is 18.2 Å². The van der Waals surface area contributed by atoms with Crippen molar-refractivity contribution >= 4 is 23.1 Å². The zero-order valence-electron chi connectivity index (χ0n) is 13.9. The van der Waals surface area contributed by atoms with E-state index in [-0.39, 0.29) is 11.7 Å². The first-order valence-corrected chi connectivity index (χ1v) is 8.76. The highest BCUT2D eigenvalue weighted by Gasteiger charge is 2.31. The Hall–Kier alpha value is -1.77. The molecule has 5 nitrogen and oxygen atoms in total. The Morgan fingerprint density at radius 1 is 1.38 bits per heavy atom. The third-order valence-electron chi connectivity index (χ3n) is 4.98. The molecule has 3 rings (SSSR count). The molecule has 2 saturated heterocycles. The summed E-state index contributed by atoms with van der Waals surface area (Å²) in [5.41, 5.74) is 1.61. The minimum absolute atomic E-state index is 0.0991. The van der Waals surface area contributed by atoms with Gasteiger partial charge in [0.15, 0.2) is 12.0 Å². The molecule has 0 unspecified atom stereocenters. The molecule has 2 atom stereocenters. The third kappa shape index (κ3) is 3.66. The molecular formula is C18H22ClN3O2. The van der Waals surface area contributed by atoms with Crippen LogP contribution in [0.3, 0.4) is 0 Å². The third-order valence-corrected chi connectivity index (χ3v) is 5.28. The first-order chi connectivity index (χ1) is 11.6. The van der Waals surface area contributed by atoms with Gasteiger partial charge < -0.3 is 14.5 Å². The van der Waals surface area contributed by atoms with Crippen molar-refractivity contribution in [2.45, 2.75) is 13.3 Å². The topological polar surface area (TPSA) is 56.6 Å². The van der Waals surface area contributed by atoms with Crippen molar-refractivity contribution in [1.82, 2.24) is 4.90 Å². The molecule has 0 saturated carbocycles. The van der Waals surface area contributed by atoms with E-state index in [4.69, 9.17) is 21.6 Å². The van der Waals surface area contributed by atoms with Gasteiger partial charge in [-0.2, -0.15) is 5.26 Å². The molecule has 6 heteroatoms. The van der Waals surface area contributed by atoms with Crippen LogP contribution in [-0.2, 0) is 4.74 Å². The lowest BCUT2D eigenvalue weighted by molar-refractivity contribution is 0.0955. The Bertz CT molecular complexity index is 652. The minimum atomic E-state index is 0.0991. The monoisotopic (exact) mass is 347 g/mol. The van der Waals surface area contributed by atoms with Gasteiger partial charge in [0, 0.05) is 38.2 Å². The highest BCUT2D eigenvalue weighted by molar-refractivity contribution is 6.33. The molecule has 0 aromatic heterocycles. The highest BCUT2D eigenvalue weighted by atomic mass is 35.5. The summed E-state index contributed by atoms with van der Waals surface area (Å²) in [6.45, 7) is 6.54. The Morgan fingerprint density at radius 2 is 2.12 bits per heavy atom. The van der Waals surface area contributed by atoms with Gasteiger partial charge in [-0.15, -0.1) is 0 Å². The van der Waals surface area contributed by atoms with Gasteiger partial charge in [-0.3, -0.25) is 4.79 Å². The molecule has 0 N–H and O–H groups in total. The normalized spacial score (nSPS) is 24.0. The highest BCUT2D eigenvalue weighted by Crippen LogP contribution is 2.30. The molecule has 1 aromatic carbocycles. The number of ketones is 1. The Balaban J connectivity index is 1.67. The maximum Gasteiger partial charge on any atom is 0.179 e. The van der Waals surface area contributed by atoms with Crippen molar-refractivity contribution in [2.24, 2.45) is 11.8 Å². The molecule has 24 heavy (non-hydrogen) atoms. The average Bonchev–Trinajstić information content (AvgIpc) is 2.95. The zero-order chi connectivity index (χ0) is 17.1. The van der Waals surface area contributed by atoms with Crippen LogP contribution in [0.5, 0.6) is 0 Å². The number of carbonyl (C=O) groups is 1. The van der Waals surface area contributed by atoms with Gasteiger partial charge in [-0.1, -0.05) is 18.5 Å². The smallest absolute Gasteiger partial charge is 0.179 e. The number of rotatable bonds is 4. The zero-order valence-corrected chi connectivity index (χ0v) is 14.6. The van der Waals surface area contributed by atoms with Crippen LogP contribution in [0.1, 0.15) is 23.7 Å². The summed E-state index contributed by atoms with van der Waals surface area (Å²) in [5.74, 6) is 0.689.